The van der Waals surface area contributed by atoms with Crippen molar-refractivity contribution in [2.24, 2.45) is 17.8 Å². The van der Waals surface area contributed by atoms with E-state index in [-0.39, 0.29) is 12.7 Å². The van der Waals surface area contributed by atoms with Crippen molar-refractivity contribution < 1.29 is 10.2 Å². The van der Waals surface area contributed by atoms with Crippen LogP contribution >= 0.6 is 0 Å². The van der Waals surface area contributed by atoms with Crippen LogP contribution in [0.3, 0.4) is 0 Å². The largest absolute Gasteiger partial charge is 0.395 e. The molecule has 74 valence electrons. The van der Waals surface area contributed by atoms with Gasteiger partial charge >= 0.3 is 0 Å². The second-order valence-corrected chi connectivity index (χ2v) is 4.86. The minimum absolute atomic E-state index is 0.102. The van der Waals surface area contributed by atoms with Crippen molar-refractivity contribution in [2.45, 2.75) is 25.0 Å². The molecule has 3 nitrogen and oxygen atoms in total. The Labute approximate surface area is 78.4 Å². The molecule has 5 atom stereocenters. The molecule has 3 fully saturated rings. The fraction of sp³-hybridized carbons (Fsp3) is 1.00. The first kappa shape index (κ1) is 8.21. The van der Waals surface area contributed by atoms with E-state index in [9.17, 15) is 5.11 Å². The van der Waals surface area contributed by atoms with Gasteiger partial charge in [0.15, 0.2) is 0 Å². The summed E-state index contributed by atoms with van der Waals surface area (Å²) in [6.07, 6.45) is 2.36. The van der Waals surface area contributed by atoms with Crippen LogP contribution in [-0.2, 0) is 0 Å². The fourth-order valence-corrected chi connectivity index (χ4v) is 3.92. The predicted octanol–water partition coefficient (Wildman–Crippen LogP) is -0.320. The highest BCUT2D eigenvalue weighted by Crippen LogP contribution is 2.54. The molecule has 2 N–H and O–H groups in total. The molecule has 2 aliphatic carbocycles. The van der Waals surface area contributed by atoms with Crippen LogP contribution < -0.4 is 0 Å². The van der Waals surface area contributed by atoms with Crippen LogP contribution in [0, 0.1) is 17.8 Å². The molecule has 3 rings (SSSR count). The first-order chi connectivity index (χ1) is 6.31. The highest BCUT2D eigenvalue weighted by Gasteiger charge is 2.58. The third-order valence-electron chi connectivity index (χ3n) is 4.34. The molecule has 0 spiro atoms. The summed E-state index contributed by atoms with van der Waals surface area (Å²) in [6, 6.07) is 0.385. The summed E-state index contributed by atoms with van der Waals surface area (Å²) in [6.45, 7) is 2.10. The monoisotopic (exact) mass is 183 g/mol. The highest BCUT2D eigenvalue weighted by atomic mass is 16.3. The number of fused-ring (bicyclic) bond motifs is 1. The third kappa shape index (κ3) is 0.953. The molecule has 0 radical (unpaired) electrons. The molecule has 1 aliphatic heterocycles. The summed E-state index contributed by atoms with van der Waals surface area (Å²) in [5.41, 5.74) is 0. The molecule has 1 saturated heterocycles. The standard InChI is InChI=1S/C10H17NO2/c12-2-1-11-5-7-3-6-4-8(7)9(11)10(6)13/h6-10,12-13H,1-5H2. The zero-order valence-corrected chi connectivity index (χ0v) is 7.76. The minimum atomic E-state index is -0.102. The molecule has 3 aliphatic rings. The maximum atomic E-state index is 9.98. The molecule has 0 aromatic rings. The van der Waals surface area contributed by atoms with Crippen LogP contribution in [0.5, 0.6) is 0 Å². The molecule has 5 unspecified atom stereocenters. The molecule has 13 heavy (non-hydrogen) atoms. The van der Waals surface area contributed by atoms with E-state index in [0.717, 1.165) is 24.9 Å². The van der Waals surface area contributed by atoms with Gasteiger partial charge in [0.25, 0.3) is 0 Å². The van der Waals surface area contributed by atoms with Crippen LogP contribution in [0.4, 0.5) is 0 Å². The topological polar surface area (TPSA) is 43.7 Å². The van der Waals surface area contributed by atoms with Crippen molar-refractivity contribution in [3.8, 4) is 0 Å². The van der Waals surface area contributed by atoms with Crippen LogP contribution in [0.15, 0.2) is 0 Å². The highest BCUT2D eigenvalue weighted by molar-refractivity contribution is 5.10. The van der Waals surface area contributed by atoms with Crippen LogP contribution in [-0.4, -0.2) is 47.0 Å². The molecular weight excluding hydrogens is 166 g/mol. The average molecular weight is 183 g/mol. The first-order valence-electron chi connectivity index (χ1n) is 5.34. The zero-order chi connectivity index (χ0) is 9.00. The molecule has 1 heterocycles. The summed E-state index contributed by atoms with van der Waals surface area (Å²) in [7, 11) is 0. The Morgan fingerprint density at radius 1 is 1.23 bits per heavy atom. The van der Waals surface area contributed by atoms with Gasteiger partial charge in [-0.25, -0.2) is 0 Å². The lowest BCUT2D eigenvalue weighted by molar-refractivity contribution is 0.0453. The van der Waals surface area contributed by atoms with Gasteiger partial charge in [0, 0.05) is 19.1 Å². The van der Waals surface area contributed by atoms with Crippen molar-refractivity contribution in [3.63, 3.8) is 0 Å². The molecule has 2 saturated carbocycles. The molecule has 0 aromatic carbocycles. The zero-order valence-electron chi connectivity index (χ0n) is 7.76. The molecule has 0 aromatic heterocycles. The lowest BCUT2D eigenvalue weighted by Crippen LogP contribution is -2.41. The lowest BCUT2D eigenvalue weighted by atomic mass is 9.88. The van der Waals surface area contributed by atoms with Gasteiger partial charge in [-0.3, -0.25) is 4.90 Å². The normalized spacial score (nSPS) is 53.5. The second-order valence-electron chi connectivity index (χ2n) is 4.86. The quantitative estimate of drug-likeness (QED) is 0.616. The van der Waals surface area contributed by atoms with Crippen molar-refractivity contribution in [1.29, 1.82) is 0 Å². The Morgan fingerprint density at radius 2 is 2.08 bits per heavy atom. The Kier molecular flexibility index (Phi) is 1.70. The summed E-state index contributed by atoms with van der Waals surface area (Å²) in [4.78, 5) is 2.30. The lowest BCUT2D eigenvalue weighted by Gasteiger charge is -2.28. The van der Waals surface area contributed by atoms with Crippen LogP contribution in [0.25, 0.3) is 0 Å². The number of hydrogen-bond acceptors (Lipinski definition) is 3. The van der Waals surface area contributed by atoms with E-state index in [0.29, 0.717) is 12.0 Å². The Bertz CT molecular complexity index is 219. The number of aliphatic hydroxyl groups is 2. The SMILES string of the molecule is OCCN1CC2CC3CC2C1C3O. The predicted molar refractivity (Wildman–Crippen MR) is 48.2 cm³/mol. The minimum Gasteiger partial charge on any atom is -0.395 e. The number of aliphatic hydroxyl groups excluding tert-OH is 2. The van der Waals surface area contributed by atoms with Gasteiger partial charge < -0.3 is 10.2 Å². The summed E-state index contributed by atoms with van der Waals surface area (Å²) in [5.74, 6) is 2.14. The van der Waals surface area contributed by atoms with Crippen LogP contribution in [0.1, 0.15) is 12.8 Å². The van der Waals surface area contributed by atoms with E-state index < -0.39 is 0 Å². The number of nitrogens with zero attached hydrogens (tertiary/aromatic N) is 1. The fourth-order valence-electron chi connectivity index (χ4n) is 3.92. The van der Waals surface area contributed by atoms with Crippen molar-refractivity contribution in [3.05, 3.63) is 0 Å². The van der Waals surface area contributed by atoms with E-state index in [2.05, 4.69) is 4.90 Å². The third-order valence-corrected chi connectivity index (χ3v) is 4.34. The van der Waals surface area contributed by atoms with Crippen molar-refractivity contribution >= 4 is 0 Å². The molecular formula is C10H17NO2. The maximum absolute atomic E-state index is 9.98. The number of rotatable bonds is 2. The van der Waals surface area contributed by atoms with Crippen molar-refractivity contribution in [1.82, 2.24) is 4.90 Å². The van der Waals surface area contributed by atoms with Gasteiger partial charge in [-0.05, 0) is 30.6 Å². The number of β-amino-alcohol motifs (C(OH)–C–C–N with tert-alkyl or cyclic N) is 1. The van der Waals surface area contributed by atoms with Gasteiger partial charge in [0.2, 0.25) is 0 Å². The summed E-state index contributed by atoms with van der Waals surface area (Å²) in [5, 5.41) is 18.9. The van der Waals surface area contributed by atoms with E-state index in [4.69, 9.17) is 5.11 Å². The van der Waals surface area contributed by atoms with Gasteiger partial charge in [0.1, 0.15) is 0 Å². The van der Waals surface area contributed by atoms with Gasteiger partial charge in [-0.1, -0.05) is 0 Å². The smallest absolute Gasteiger partial charge is 0.0726 e. The first-order valence-corrected chi connectivity index (χ1v) is 5.34. The second kappa shape index (κ2) is 2.69. The van der Waals surface area contributed by atoms with E-state index in [1.807, 2.05) is 0 Å². The Balaban J connectivity index is 1.82. The summed E-state index contributed by atoms with van der Waals surface area (Å²) < 4.78 is 0. The average Bonchev–Trinajstić information content (AvgIpc) is 2.65. The van der Waals surface area contributed by atoms with Crippen LogP contribution in [0.2, 0.25) is 0 Å². The summed E-state index contributed by atoms with van der Waals surface area (Å²) >= 11 is 0. The molecule has 2 bridgehead atoms. The molecule has 0 amide bonds. The van der Waals surface area contributed by atoms with Gasteiger partial charge in [-0.2, -0.15) is 0 Å². The van der Waals surface area contributed by atoms with E-state index >= 15 is 0 Å². The van der Waals surface area contributed by atoms with E-state index in [1.54, 1.807) is 0 Å². The van der Waals surface area contributed by atoms with E-state index in [1.165, 1.54) is 12.8 Å². The molecule has 3 heteroatoms. The Morgan fingerprint density at radius 3 is 2.77 bits per heavy atom. The van der Waals surface area contributed by atoms with Gasteiger partial charge in [-0.15, -0.1) is 0 Å². The number of hydrogen-bond donors (Lipinski definition) is 2. The Hall–Kier alpha value is -0.120. The van der Waals surface area contributed by atoms with Gasteiger partial charge in [0.05, 0.1) is 12.7 Å². The maximum Gasteiger partial charge on any atom is 0.0726 e. The number of likely N-dealkylation sites (tertiary alicyclic amines) is 1. The van der Waals surface area contributed by atoms with Crippen molar-refractivity contribution in [2.75, 3.05) is 19.7 Å².